The van der Waals surface area contributed by atoms with E-state index in [-0.39, 0.29) is 5.91 Å². The van der Waals surface area contributed by atoms with Crippen LogP contribution < -0.4 is 5.73 Å². The summed E-state index contributed by atoms with van der Waals surface area (Å²) in [6, 6.07) is 9.32. The van der Waals surface area contributed by atoms with E-state index in [0.29, 0.717) is 28.7 Å². The highest BCUT2D eigenvalue weighted by atomic mass is 35.5. The van der Waals surface area contributed by atoms with Gasteiger partial charge in [0, 0.05) is 28.7 Å². The summed E-state index contributed by atoms with van der Waals surface area (Å²) in [5.41, 5.74) is 7.51. The average molecular weight is 309 g/mol. The molecule has 0 aliphatic rings. The molecule has 2 N–H and O–H groups in total. The highest BCUT2D eigenvalue weighted by molar-refractivity contribution is 7.14. The summed E-state index contributed by atoms with van der Waals surface area (Å²) in [6.45, 7) is 5.07. The average Bonchev–Trinajstić information content (AvgIpc) is 2.75. The molecule has 1 amide bonds. The SMILES string of the molecule is CCN(Cc1cccc(Cl)c1)C(=O)c1cc(N)c(C)s1. The minimum Gasteiger partial charge on any atom is -0.398 e. The van der Waals surface area contributed by atoms with Crippen molar-refractivity contribution >= 4 is 34.5 Å². The minimum absolute atomic E-state index is 0.0114. The van der Waals surface area contributed by atoms with Gasteiger partial charge in [-0.15, -0.1) is 11.3 Å². The highest BCUT2D eigenvalue weighted by Gasteiger charge is 2.17. The van der Waals surface area contributed by atoms with Crippen LogP contribution in [0, 0.1) is 6.92 Å². The number of hydrogen-bond donors (Lipinski definition) is 1. The van der Waals surface area contributed by atoms with E-state index in [2.05, 4.69) is 0 Å². The van der Waals surface area contributed by atoms with Gasteiger partial charge in [0.2, 0.25) is 0 Å². The predicted molar refractivity (Wildman–Crippen MR) is 85.3 cm³/mol. The van der Waals surface area contributed by atoms with Gasteiger partial charge in [-0.1, -0.05) is 23.7 Å². The molecule has 0 fully saturated rings. The molecule has 106 valence electrons. The van der Waals surface area contributed by atoms with E-state index in [0.717, 1.165) is 10.4 Å². The maximum atomic E-state index is 12.5. The monoisotopic (exact) mass is 308 g/mol. The van der Waals surface area contributed by atoms with E-state index >= 15 is 0 Å². The van der Waals surface area contributed by atoms with Crippen molar-refractivity contribution in [2.45, 2.75) is 20.4 Å². The fraction of sp³-hybridized carbons (Fsp3) is 0.267. The lowest BCUT2D eigenvalue weighted by Gasteiger charge is -2.20. The van der Waals surface area contributed by atoms with E-state index in [1.165, 1.54) is 11.3 Å². The van der Waals surface area contributed by atoms with Gasteiger partial charge in [0.1, 0.15) is 0 Å². The van der Waals surface area contributed by atoms with Crippen molar-refractivity contribution in [3.8, 4) is 0 Å². The minimum atomic E-state index is 0.0114. The Bertz CT molecular complexity index is 605. The molecule has 5 heteroatoms. The highest BCUT2D eigenvalue weighted by Crippen LogP contribution is 2.25. The number of nitrogen functional groups attached to an aromatic ring is 1. The lowest BCUT2D eigenvalue weighted by atomic mass is 10.2. The van der Waals surface area contributed by atoms with Gasteiger partial charge >= 0.3 is 0 Å². The quantitative estimate of drug-likeness (QED) is 0.929. The molecular formula is C15H17ClN2OS. The largest absolute Gasteiger partial charge is 0.398 e. The Labute approximate surface area is 128 Å². The van der Waals surface area contributed by atoms with Crippen LogP contribution in [-0.2, 0) is 6.54 Å². The number of rotatable bonds is 4. The molecule has 1 aromatic heterocycles. The summed E-state index contributed by atoms with van der Waals surface area (Å²) in [6.07, 6.45) is 0. The van der Waals surface area contributed by atoms with Crippen molar-refractivity contribution in [3.05, 3.63) is 50.7 Å². The Hall–Kier alpha value is -1.52. The summed E-state index contributed by atoms with van der Waals surface area (Å²) in [7, 11) is 0. The molecule has 0 radical (unpaired) electrons. The second kappa shape index (κ2) is 6.29. The van der Waals surface area contributed by atoms with Crippen LogP contribution in [-0.4, -0.2) is 17.4 Å². The summed E-state index contributed by atoms with van der Waals surface area (Å²) < 4.78 is 0. The number of halogens is 1. The number of aryl methyl sites for hydroxylation is 1. The number of thiophene rings is 1. The van der Waals surface area contributed by atoms with Gasteiger partial charge in [0.15, 0.2) is 0 Å². The Morgan fingerprint density at radius 1 is 1.40 bits per heavy atom. The molecule has 0 bridgehead atoms. The zero-order valence-electron chi connectivity index (χ0n) is 11.5. The number of amides is 1. The second-order valence-electron chi connectivity index (χ2n) is 4.57. The van der Waals surface area contributed by atoms with Crippen LogP contribution >= 0.6 is 22.9 Å². The zero-order valence-corrected chi connectivity index (χ0v) is 13.1. The fourth-order valence-electron chi connectivity index (χ4n) is 1.94. The van der Waals surface area contributed by atoms with Crippen LogP contribution in [0.4, 0.5) is 5.69 Å². The van der Waals surface area contributed by atoms with Crippen molar-refractivity contribution in [1.82, 2.24) is 4.90 Å². The number of hydrogen-bond acceptors (Lipinski definition) is 3. The van der Waals surface area contributed by atoms with Crippen LogP contribution in [0.5, 0.6) is 0 Å². The van der Waals surface area contributed by atoms with Crippen LogP contribution in [0.1, 0.15) is 27.0 Å². The molecule has 0 saturated heterocycles. The first kappa shape index (κ1) is 14.9. The van der Waals surface area contributed by atoms with Gasteiger partial charge in [-0.2, -0.15) is 0 Å². The third-order valence-electron chi connectivity index (χ3n) is 3.10. The molecule has 3 nitrogen and oxygen atoms in total. The number of carbonyl (C=O) groups excluding carboxylic acids is 1. The predicted octanol–water partition coefficient (Wildman–Crippen LogP) is 3.95. The molecule has 1 aromatic carbocycles. The Balaban J connectivity index is 2.17. The fourth-order valence-corrected chi connectivity index (χ4v) is 3.06. The van der Waals surface area contributed by atoms with Gasteiger partial charge in [-0.05, 0) is 37.6 Å². The van der Waals surface area contributed by atoms with E-state index in [4.69, 9.17) is 17.3 Å². The maximum absolute atomic E-state index is 12.5. The Kier molecular flexibility index (Phi) is 4.68. The topological polar surface area (TPSA) is 46.3 Å². The van der Waals surface area contributed by atoms with Crippen molar-refractivity contribution in [2.75, 3.05) is 12.3 Å². The Morgan fingerprint density at radius 2 is 2.15 bits per heavy atom. The van der Waals surface area contributed by atoms with Gasteiger partial charge in [-0.3, -0.25) is 4.79 Å². The van der Waals surface area contributed by atoms with Crippen LogP contribution in [0.2, 0.25) is 5.02 Å². The number of nitrogens with zero attached hydrogens (tertiary/aromatic N) is 1. The van der Waals surface area contributed by atoms with E-state index in [1.54, 1.807) is 11.0 Å². The smallest absolute Gasteiger partial charge is 0.264 e. The normalized spacial score (nSPS) is 10.6. The Morgan fingerprint density at radius 3 is 2.70 bits per heavy atom. The molecule has 0 spiro atoms. The molecule has 1 heterocycles. The standard InChI is InChI=1S/C15H17ClN2OS/c1-3-18(9-11-5-4-6-12(16)7-11)15(19)14-8-13(17)10(2)20-14/h4-8H,3,9,17H2,1-2H3. The van der Waals surface area contributed by atoms with E-state index < -0.39 is 0 Å². The summed E-state index contributed by atoms with van der Waals surface area (Å²) in [5.74, 6) is 0.0114. The molecule has 2 aromatic rings. The first-order valence-electron chi connectivity index (χ1n) is 6.41. The molecule has 0 unspecified atom stereocenters. The number of benzene rings is 1. The van der Waals surface area contributed by atoms with Crippen LogP contribution in [0.15, 0.2) is 30.3 Å². The van der Waals surface area contributed by atoms with Gasteiger partial charge in [0.25, 0.3) is 5.91 Å². The van der Waals surface area contributed by atoms with Crippen molar-refractivity contribution < 1.29 is 4.79 Å². The van der Waals surface area contributed by atoms with Gasteiger partial charge in [0.05, 0.1) is 4.88 Å². The maximum Gasteiger partial charge on any atom is 0.264 e. The first-order valence-corrected chi connectivity index (χ1v) is 7.60. The molecule has 0 aliphatic heterocycles. The molecular weight excluding hydrogens is 292 g/mol. The molecule has 20 heavy (non-hydrogen) atoms. The third kappa shape index (κ3) is 3.32. The van der Waals surface area contributed by atoms with Crippen LogP contribution in [0.3, 0.4) is 0 Å². The first-order chi connectivity index (χ1) is 9.51. The number of carbonyl (C=O) groups is 1. The lowest BCUT2D eigenvalue weighted by Crippen LogP contribution is -2.29. The molecule has 0 atom stereocenters. The van der Waals surface area contributed by atoms with E-state index in [1.807, 2.05) is 38.1 Å². The van der Waals surface area contributed by atoms with E-state index in [9.17, 15) is 4.79 Å². The summed E-state index contributed by atoms with van der Waals surface area (Å²) in [4.78, 5) is 15.9. The molecule has 0 aliphatic carbocycles. The summed E-state index contributed by atoms with van der Waals surface area (Å²) in [5, 5.41) is 0.683. The second-order valence-corrected chi connectivity index (χ2v) is 6.26. The van der Waals surface area contributed by atoms with Gasteiger partial charge < -0.3 is 10.6 Å². The zero-order chi connectivity index (χ0) is 14.7. The molecule has 0 saturated carbocycles. The molecule has 2 rings (SSSR count). The third-order valence-corrected chi connectivity index (χ3v) is 4.39. The van der Waals surface area contributed by atoms with Crippen molar-refractivity contribution in [2.24, 2.45) is 0 Å². The van der Waals surface area contributed by atoms with Gasteiger partial charge in [-0.25, -0.2) is 0 Å². The number of anilines is 1. The van der Waals surface area contributed by atoms with Crippen molar-refractivity contribution in [1.29, 1.82) is 0 Å². The number of nitrogens with two attached hydrogens (primary N) is 1. The summed E-state index contributed by atoms with van der Waals surface area (Å²) >= 11 is 7.41. The van der Waals surface area contributed by atoms with Crippen LogP contribution in [0.25, 0.3) is 0 Å². The van der Waals surface area contributed by atoms with Crippen molar-refractivity contribution in [3.63, 3.8) is 0 Å². The lowest BCUT2D eigenvalue weighted by molar-refractivity contribution is 0.0757.